The summed E-state index contributed by atoms with van der Waals surface area (Å²) in [7, 11) is 0. The summed E-state index contributed by atoms with van der Waals surface area (Å²) in [5, 5.41) is 0. The third kappa shape index (κ3) is 5.17. The van der Waals surface area contributed by atoms with Crippen LogP contribution in [0.5, 0.6) is 0 Å². The molecule has 0 amide bonds. The van der Waals surface area contributed by atoms with Crippen LogP contribution in [0.4, 0.5) is 0 Å². The third-order valence-corrected chi connectivity index (χ3v) is 4.89. The van der Waals surface area contributed by atoms with Gasteiger partial charge in [0.25, 0.3) is 0 Å². The van der Waals surface area contributed by atoms with Crippen molar-refractivity contribution in [3.05, 3.63) is 71.3 Å². The maximum absolute atomic E-state index is 13.0. The van der Waals surface area contributed by atoms with Crippen LogP contribution in [0.2, 0.25) is 0 Å². The first kappa shape index (κ1) is 19.7. The minimum absolute atomic E-state index is 0. The molecule has 0 saturated heterocycles. The molecule has 2 aromatic carbocycles. The molecular weight excluding hydrogens is 320 g/mol. The van der Waals surface area contributed by atoms with Crippen LogP contribution in [-0.2, 0) is 16.0 Å². The Balaban J connectivity index is 0.00000364. The third-order valence-electron chi connectivity index (χ3n) is 4.89. The van der Waals surface area contributed by atoms with Gasteiger partial charge in [-0.15, -0.1) is 6.42 Å². The number of hydrogen-bond donors (Lipinski definition) is 0. The number of carbonyl (C=O) groups excluding carboxylic acids is 2. The Morgan fingerprint density at radius 3 is 2.31 bits per heavy atom. The van der Waals surface area contributed by atoms with E-state index in [-0.39, 0.29) is 26.3 Å². The van der Waals surface area contributed by atoms with Gasteiger partial charge in [0.1, 0.15) is 5.78 Å². The fourth-order valence-electron chi connectivity index (χ4n) is 3.25. The smallest absolute Gasteiger partial charge is 0.205 e. The normalized spacial score (nSPS) is 12.8. The summed E-state index contributed by atoms with van der Waals surface area (Å²) in [6.07, 6.45) is 7.87. The second-order valence-electron chi connectivity index (χ2n) is 6.66. The molecule has 137 valence electrons. The van der Waals surface area contributed by atoms with E-state index >= 15 is 0 Å². The molecule has 2 rings (SSSR count). The van der Waals surface area contributed by atoms with Crippen LogP contribution < -0.4 is 0 Å². The van der Waals surface area contributed by atoms with Crippen molar-refractivity contribution < 1.29 is 12.4 Å². The van der Waals surface area contributed by atoms with Gasteiger partial charge in [-0.1, -0.05) is 68.4 Å². The molecule has 2 atom stereocenters. The summed E-state index contributed by atoms with van der Waals surface area (Å²) in [6, 6.07) is 18.1. The fourth-order valence-corrected chi connectivity index (χ4v) is 3.25. The van der Waals surface area contributed by atoms with Crippen molar-refractivity contribution >= 4 is 11.6 Å². The average Bonchev–Trinajstić information content (AvgIpc) is 2.69. The molecule has 0 heterocycles. The summed E-state index contributed by atoms with van der Waals surface area (Å²) in [5.41, 5.74) is 3.28. The van der Waals surface area contributed by atoms with Gasteiger partial charge in [-0.2, -0.15) is 0 Å². The monoisotopic (exact) mass is 349 g/mol. The molecule has 0 fully saturated rings. The fraction of sp³-hybridized carbons (Fsp3) is 0.333. The van der Waals surface area contributed by atoms with Crippen LogP contribution in [-0.4, -0.2) is 11.6 Å². The second-order valence-corrected chi connectivity index (χ2v) is 6.66. The zero-order valence-corrected chi connectivity index (χ0v) is 15.6. The Bertz CT molecular complexity index is 777. The lowest BCUT2D eigenvalue weighted by atomic mass is 9.83. The Hall–Kier alpha value is -2.66. The van der Waals surface area contributed by atoms with Gasteiger partial charge in [-0.3, -0.25) is 9.59 Å². The Labute approximate surface area is 159 Å². The van der Waals surface area contributed by atoms with Crippen LogP contribution in [0.15, 0.2) is 54.6 Å². The number of Topliss-reactive ketones (excluding diaryl/α,β-unsaturated/α-hetero) is 2. The van der Waals surface area contributed by atoms with Crippen molar-refractivity contribution in [3.8, 4) is 12.3 Å². The SMILES string of the molecule is C#CC(=O)CCCc1ccc(C(C)C(=O)C(CC)c2ccccc2)cc1.[HH].[H]. The zero-order valence-electron chi connectivity index (χ0n) is 16.6. The molecule has 0 bridgehead atoms. The average molecular weight is 349 g/mol. The van der Waals surface area contributed by atoms with E-state index in [1.165, 1.54) is 0 Å². The summed E-state index contributed by atoms with van der Waals surface area (Å²) in [4.78, 5) is 24.1. The lowest BCUT2D eigenvalue weighted by Crippen LogP contribution is -2.18. The highest BCUT2D eigenvalue weighted by Crippen LogP contribution is 2.29. The maximum atomic E-state index is 13.0. The van der Waals surface area contributed by atoms with Crippen molar-refractivity contribution in [1.29, 1.82) is 0 Å². The van der Waals surface area contributed by atoms with E-state index in [9.17, 15) is 9.59 Å². The molecule has 0 saturated carbocycles. The molecule has 0 aliphatic heterocycles. The van der Waals surface area contributed by atoms with Crippen LogP contribution in [0, 0.1) is 12.3 Å². The highest BCUT2D eigenvalue weighted by molar-refractivity contribution is 5.94. The molecule has 0 N–H and O–H groups in total. The van der Waals surface area contributed by atoms with E-state index in [2.05, 4.69) is 12.8 Å². The molecule has 0 aliphatic rings. The van der Waals surface area contributed by atoms with Crippen LogP contribution >= 0.6 is 0 Å². The number of rotatable bonds is 9. The standard InChI is InChI=1S/C24H26O2.H2.H/c1-4-22(25)13-9-10-19-14-16-20(17-15-19)18(3)24(26)23(5-2)21-11-7-6-8-12-21;;/h1,6-8,11-12,14-18,23H,5,9-10,13H2,2-3H3;1H;. The number of benzene rings is 2. The molecule has 0 spiro atoms. The summed E-state index contributed by atoms with van der Waals surface area (Å²) >= 11 is 0. The minimum atomic E-state index is -0.146. The summed E-state index contributed by atoms with van der Waals surface area (Å²) in [5.74, 6) is 2.04. The van der Waals surface area contributed by atoms with E-state index in [0.29, 0.717) is 6.42 Å². The Kier molecular flexibility index (Phi) is 7.36. The van der Waals surface area contributed by atoms with E-state index in [0.717, 1.165) is 36.0 Å². The van der Waals surface area contributed by atoms with Gasteiger partial charge in [0.15, 0.2) is 0 Å². The van der Waals surface area contributed by atoms with E-state index < -0.39 is 0 Å². The number of hydrogen-bond acceptors (Lipinski definition) is 2. The molecule has 0 aromatic heterocycles. The molecule has 2 aromatic rings. The topological polar surface area (TPSA) is 34.1 Å². The maximum Gasteiger partial charge on any atom is 0.205 e. The predicted molar refractivity (Wildman–Crippen MR) is 109 cm³/mol. The molecule has 1 radical (unpaired) electrons. The van der Waals surface area contributed by atoms with Crippen molar-refractivity contribution in [3.63, 3.8) is 0 Å². The van der Waals surface area contributed by atoms with Crippen molar-refractivity contribution in [2.75, 3.05) is 0 Å². The van der Waals surface area contributed by atoms with Crippen LogP contribution in [0.25, 0.3) is 0 Å². The minimum Gasteiger partial charge on any atom is -0.298 e. The Morgan fingerprint density at radius 2 is 1.73 bits per heavy atom. The van der Waals surface area contributed by atoms with Crippen molar-refractivity contribution in [1.82, 2.24) is 0 Å². The molecular formula is C24H29O2. The van der Waals surface area contributed by atoms with E-state index in [4.69, 9.17) is 6.42 Å². The molecule has 0 aliphatic carbocycles. The van der Waals surface area contributed by atoms with Crippen LogP contribution in [0.3, 0.4) is 0 Å². The molecule has 2 nitrogen and oxygen atoms in total. The first-order valence-corrected chi connectivity index (χ1v) is 9.23. The predicted octanol–water partition coefficient (Wildman–Crippen LogP) is 5.44. The highest BCUT2D eigenvalue weighted by atomic mass is 16.1. The van der Waals surface area contributed by atoms with Gasteiger partial charge in [0.2, 0.25) is 5.78 Å². The molecule has 2 heteroatoms. The summed E-state index contributed by atoms with van der Waals surface area (Å²) < 4.78 is 0. The lowest BCUT2D eigenvalue weighted by molar-refractivity contribution is -0.121. The number of aryl methyl sites for hydroxylation is 1. The van der Waals surface area contributed by atoms with Gasteiger partial charge in [0.05, 0.1) is 0 Å². The first-order chi connectivity index (χ1) is 12.6. The van der Waals surface area contributed by atoms with Crippen LogP contribution in [0.1, 0.15) is 64.5 Å². The van der Waals surface area contributed by atoms with Crippen molar-refractivity contribution in [2.24, 2.45) is 0 Å². The molecule has 2 unspecified atom stereocenters. The van der Waals surface area contributed by atoms with Gasteiger partial charge in [-0.25, -0.2) is 0 Å². The molecule has 26 heavy (non-hydrogen) atoms. The van der Waals surface area contributed by atoms with Crippen molar-refractivity contribution in [2.45, 2.75) is 51.4 Å². The second kappa shape index (κ2) is 9.73. The number of terminal acetylenes is 1. The van der Waals surface area contributed by atoms with Gasteiger partial charge < -0.3 is 0 Å². The largest absolute Gasteiger partial charge is 0.298 e. The first-order valence-electron chi connectivity index (χ1n) is 9.23. The van der Waals surface area contributed by atoms with E-state index in [1.54, 1.807) is 0 Å². The quantitative estimate of drug-likeness (QED) is 0.446. The number of ketones is 2. The lowest BCUT2D eigenvalue weighted by Gasteiger charge is -2.19. The van der Waals surface area contributed by atoms with E-state index in [1.807, 2.05) is 61.5 Å². The Morgan fingerprint density at radius 1 is 1.08 bits per heavy atom. The van der Waals surface area contributed by atoms with Gasteiger partial charge in [0, 0.05) is 21.1 Å². The summed E-state index contributed by atoms with van der Waals surface area (Å²) in [6.45, 7) is 4.04. The van der Waals surface area contributed by atoms with Gasteiger partial charge >= 0.3 is 0 Å². The highest BCUT2D eigenvalue weighted by Gasteiger charge is 2.24. The van der Waals surface area contributed by atoms with Gasteiger partial charge in [-0.05, 0) is 41.9 Å². The zero-order chi connectivity index (χ0) is 18.9. The number of carbonyl (C=O) groups is 2.